The van der Waals surface area contributed by atoms with Crippen molar-refractivity contribution in [1.29, 1.82) is 0 Å². The molecule has 5 nitrogen and oxygen atoms in total. The van der Waals surface area contributed by atoms with E-state index >= 15 is 0 Å². The van der Waals surface area contributed by atoms with Gasteiger partial charge in [0.15, 0.2) is 17.5 Å². The monoisotopic (exact) mass is 822 g/mol. The van der Waals surface area contributed by atoms with Gasteiger partial charge in [-0.1, -0.05) is 140 Å². The molecule has 0 bridgehead atoms. The minimum atomic E-state index is 0.592. The highest BCUT2D eigenvalue weighted by molar-refractivity contribution is 7.26. The van der Waals surface area contributed by atoms with Gasteiger partial charge in [-0.15, -0.1) is 11.3 Å². The van der Waals surface area contributed by atoms with Gasteiger partial charge in [-0.3, -0.25) is 0 Å². The number of rotatable bonds is 6. The fraction of sp³-hybridized carbons (Fsp3) is 0. The zero-order chi connectivity index (χ0) is 41.4. The molecule has 9 aromatic carbocycles. The van der Waals surface area contributed by atoms with E-state index < -0.39 is 0 Å². The average Bonchev–Trinajstić information content (AvgIpc) is 4.03. The summed E-state index contributed by atoms with van der Waals surface area (Å²) >= 11 is 1.80. The molecule has 0 saturated carbocycles. The Bertz CT molecular complexity index is 3910. The minimum absolute atomic E-state index is 0.592. The number of nitrogens with zero attached hydrogens (tertiary/aromatic N) is 4. The smallest absolute Gasteiger partial charge is 0.164 e. The molecule has 0 radical (unpaired) electrons. The third kappa shape index (κ3) is 5.87. The first-order valence-corrected chi connectivity index (χ1v) is 21.9. The van der Waals surface area contributed by atoms with E-state index in [0.29, 0.717) is 17.5 Å². The van der Waals surface area contributed by atoms with Gasteiger partial charge >= 0.3 is 0 Å². The second kappa shape index (κ2) is 14.2. The van der Waals surface area contributed by atoms with E-state index in [1.165, 1.54) is 53.3 Å². The number of para-hydroxylation sites is 2. The Labute approximate surface area is 365 Å². The Morgan fingerprint density at radius 1 is 0.349 bits per heavy atom. The number of hydrogen-bond donors (Lipinski definition) is 0. The summed E-state index contributed by atoms with van der Waals surface area (Å²) in [6, 6.07) is 72.7. The minimum Gasteiger partial charge on any atom is -0.456 e. The van der Waals surface area contributed by atoms with E-state index in [1.54, 1.807) is 11.3 Å². The largest absolute Gasteiger partial charge is 0.456 e. The maximum absolute atomic E-state index is 6.46. The van der Waals surface area contributed by atoms with Crippen molar-refractivity contribution in [2.45, 2.75) is 0 Å². The number of thiophene rings is 1. The highest BCUT2D eigenvalue weighted by Crippen LogP contribution is 2.43. The van der Waals surface area contributed by atoms with Gasteiger partial charge in [0.25, 0.3) is 0 Å². The summed E-state index contributed by atoms with van der Waals surface area (Å²) in [5.41, 5.74) is 12.6. The third-order valence-corrected chi connectivity index (χ3v) is 13.4. The number of benzene rings is 9. The van der Waals surface area contributed by atoms with Crippen LogP contribution < -0.4 is 0 Å². The van der Waals surface area contributed by atoms with Crippen LogP contribution in [0.2, 0.25) is 0 Å². The highest BCUT2D eigenvalue weighted by atomic mass is 32.1. The van der Waals surface area contributed by atoms with E-state index in [2.05, 4.69) is 187 Å². The normalized spacial score (nSPS) is 11.8. The van der Waals surface area contributed by atoms with E-state index in [4.69, 9.17) is 19.4 Å². The first kappa shape index (κ1) is 35.6. The number of furan rings is 1. The van der Waals surface area contributed by atoms with Crippen LogP contribution in [0.4, 0.5) is 0 Å². The first-order valence-electron chi connectivity index (χ1n) is 21.1. The lowest BCUT2D eigenvalue weighted by Gasteiger charge is -2.10. The van der Waals surface area contributed by atoms with E-state index in [1.807, 2.05) is 24.3 Å². The van der Waals surface area contributed by atoms with Crippen molar-refractivity contribution in [3.63, 3.8) is 0 Å². The zero-order valence-electron chi connectivity index (χ0n) is 33.7. The molecule has 4 aromatic heterocycles. The van der Waals surface area contributed by atoms with Crippen LogP contribution in [0.5, 0.6) is 0 Å². The highest BCUT2D eigenvalue weighted by Gasteiger charge is 2.19. The van der Waals surface area contributed by atoms with Gasteiger partial charge in [0.2, 0.25) is 0 Å². The van der Waals surface area contributed by atoms with Crippen LogP contribution >= 0.6 is 11.3 Å². The van der Waals surface area contributed by atoms with Crippen LogP contribution in [0.15, 0.2) is 211 Å². The van der Waals surface area contributed by atoms with Crippen LogP contribution in [-0.4, -0.2) is 19.5 Å². The summed E-state index contributed by atoms with van der Waals surface area (Å²) in [7, 11) is 0. The molecule has 294 valence electrons. The molecule has 0 fully saturated rings. The van der Waals surface area contributed by atoms with Crippen molar-refractivity contribution in [3.05, 3.63) is 206 Å². The Hall–Kier alpha value is -8.19. The molecule has 0 aliphatic carbocycles. The Balaban J connectivity index is 0.929. The van der Waals surface area contributed by atoms with Gasteiger partial charge in [-0.05, 0) is 89.0 Å². The van der Waals surface area contributed by atoms with Crippen LogP contribution in [0.3, 0.4) is 0 Å². The fourth-order valence-electron chi connectivity index (χ4n) is 9.27. The lowest BCUT2D eigenvalue weighted by Crippen LogP contribution is -2.00. The van der Waals surface area contributed by atoms with Crippen LogP contribution in [0.25, 0.3) is 126 Å². The Kier molecular flexibility index (Phi) is 8.01. The van der Waals surface area contributed by atoms with Gasteiger partial charge in [0.05, 0.1) is 11.0 Å². The molecule has 0 spiro atoms. The first-order chi connectivity index (χ1) is 31.2. The molecule has 4 heterocycles. The van der Waals surface area contributed by atoms with Crippen molar-refractivity contribution in [3.8, 4) is 62.1 Å². The second-order valence-corrected chi connectivity index (χ2v) is 17.1. The van der Waals surface area contributed by atoms with Gasteiger partial charge in [0, 0.05) is 64.1 Å². The Morgan fingerprint density at radius 3 is 1.81 bits per heavy atom. The Morgan fingerprint density at radius 2 is 0.968 bits per heavy atom. The molecule has 13 rings (SSSR count). The molecule has 0 aliphatic heterocycles. The molecule has 0 saturated heterocycles. The molecule has 0 aliphatic rings. The number of hydrogen-bond acceptors (Lipinski definition) is 5. The van der Waals surface area contributed by atoms with Gasteiger partial charge in [0.1, 0.15) is 11.2 Å². The van der Waals surface area contributed by atoms with Gasteiger partial charge < -0.3 is 8.98 Å². The predicted octanol–water partition coefficient (Wildman–Crippen LogP) is 15.6. The number of fused-ring (bicyclic) bond motifs is 9. The van der Waals surface area contributed by atoms with E-state index in [0.717, 1.165) is 55.3 Å². The van der Waals surface area contributed by atoms with Crippen molar-refractivity contribution in [2.75, 3.05) is 0 Å². The zero-order valence-corrected chi connectivity index (χ0v) is 34.6. The molecule has 0 unspecified atom stereocenters. The van der Waals surface area contributed by atoms with Crippen molar-refractivity contribution < 1.29 is 4.42 Å². The van der Waals surface area contributed by atoms with E-state index in [-0.39, 0.29) is 0 Å². The summed E-state index contributed by atoms with van der Waals surface area (Å²) in [4.78, 5) is 15.5. The maximum atomic E-state index is 6.46. The third-order valence-electron chi connectivity index (χ3n) is 12.3. The molecule has 13 aromatic rings. The molecule has 0 atom stereocenters. The summed E-state index contributed by atoms with van der Waals surface area (Å²) in [6.07, 6.45) is 0. The fourth-order valence-corrected chi connectivity index (χ4v) is 10.4. The standard InChI is InChI=1S/C57H34N4OS/c1-4-13-35(14-5-1)37-26-30-50-47(32-37)43-27-24-40(33-51(43)62-50)56-58-55(36-15-6-2-7-16-36)59-57(60-56)45-20-12-22-52-54(45)44-28-23-39(34-53(44)63-52)38-25-29-49-46(31-38)42-19-10-11-21-48(42)61(49)41-17-8-3-9-18-41/h1-34H. The predicted molar refractivity (Wildman–Crippen MR) is 262 cm³/mol. The molecular weight excluding hydrogens is 789 g/mol. The SMILES string of the molecule is c1ccc(-c2ccc3oc4cc(-c5nc(-c6ccccc6)nc(-c6cccc7sc8cc(-c9ccc%10c(c9)c9ccccc9n%10-c9ccccc9)ccc8c67)n5)ccc4c3c2)cc1. The van der Waals surface area contributed by atoms with Gasteiger partial charge in [-0.2, -0.15) is 0 Å². The summed E-state index contributed by atoms with van der Waals surface area (Å²) in [6.45, 7) is 0. The summed E-state index contributed by atoms with van der Waals surface area (Å²) in [5, 5.41) is 6.93. The second-order valence-electron chi connectivity index (χ2n) is 16.0. The lowest BCUT2D eigenvalue weighted by molar-refractivity contribution is 0.669. The topological polar surface area (TPSA) is 56.7 Å². The summed E-state index contributed by atoms with van der Waals surface area (Å²) in [5.74, 6) is 1.84. The van der Waals surface area contributed by atoms with Gasteiger partial charge in [-0.25, -0.2) is 15.0 Å². The lowest BCUT2D eigenvalue weighted by atomic mass is 10.00. The molecule has 0 amide bonds. The van der Waals surface area contributed by atoms with Crippen LogP contribution in [-0.2, 0) is 0 Å². The van der Waals surface area contributed by atoms with Crippen LogP contribution in [0.1, 0.15) is 0 Å². The quantitative estimate of drug-likeness (QED) is 0.168. The summed E-state index contributed by atoms with van der Waals surface area (Å²) < 4.78 is 11.2. The van der Waals surface area contributed by atoms with Crippen molar-refractivity contribution in [2.24, 2.45) is 0 Å². The molecule has 63 heavy (non-hydrogen) atoms. The molecule has 6 heteroatoms. The maximum Gasteiger partial charge on any atom is 0.164 e. The average molecular weight is 823 g/mol. The van der Waals surface area contributed by atoms with Crippen LogP contribution in [0, 0.1) is 0 Å². The molecule has 0 N–H and O–H groups in total. The van der Waals surface area contributed by atoms with E-state index in [9.17, 15) is 0 Å². The molecular formula is C57H34N4OS. The number of aromatic nitrogens is 4. The van der Waals surface area contributed by atoms with Crippen molar-refractivity contribution >= 4 is 75.3 Å². The van der Waals surface area contributed by atoms with Crippen molar-refractivity contribution in [1.82, 2.24) is 19.5 Å².